The van der Waals surface area contributed by atoms with Gasteiger partial charge in [-0.15, -0.1) is 0 Å². The van der Waals surface area contributed by atoms with E-state index in [0.29, 0.717) is 18.9 Å². The van der Waals surface area contributed by atoms with Gasteiger partial charge in [-0.2, -0.15) is 5.10 Å². The first kappa shape index (κ1) is 13.4. The fraction of sp³-hybridized carbons (Fsp3) is 0.267. The molecule has 0 fully saturated rings. The van der Waals surface area contributed by atoms with E-state index in [2.05, 4.69) is 15.4 Å². The Kier molecular flexibility index (Phi) is 3.43. The van der Waals surface area contributed by atoms with Crippen molar-refractivity contribution in [2.45, 2.75) is 19.9 Å². The van der Waals surface area contributed by atoms with Gasteiger partial charge in [0, 0.05) is 31.9 Å². The van der Waals surface area contributed by atoms with Crippen LogP contribution in [0.3, 0.4) is 0 Å². The first-order valence-electron chi connectivity index (χ1n) is 6.85. The highest BCUT2D eigenvalue weighted by atomic mass is 16.1. The monoisotopic (exact) mass is 283 g/mol. The van der Waals surface area contributed by atoms with Gasteiger partial charge in [-0.1, -0.05) is 12.1 Å². The summed E-state index contributed by atoms with van der Waals surface area (Å²) in [7, 11) is 1.89. The molecule has 0 aliphatic carbocycles. The molecule has 0 saturated carbocycles. The summed E-state index contributed by atoms with van der Waals surface area (Å²) in [5.74, 6) is 0.502. The van der Waals surface area contributed by atoms with Crippen LogP contribution in [-0.2, 0) is 18.4 Å². The molecule has 0 bridgehead atoms. The summed E-state index contributed by atoms with van der Waals surface area (Å²) in [6, 6.07) is 9.71. The number of aryl methyl sites for hydroxylation is 3. The van der Waals surface area contributed by atoms with Crippen LogP contribution in [0.1, 0.15) is 12.1 Å². The second-order valence-electron chi connectivity index (χ2n) is 4.98. The maximum absolute atomic E-state index is 12.0. The van der Waals surface area contributed by atoms with Gasteiger partial charge in [0.15, 0.2) is 0 Å². The quantitative estimate of drug-likeness (QED) is 0.797. The number of nitrogens with zero attached hydrogens (tertiary/aromatic N) is 4. The number of benzene rings is 1. The SMILES string of the molecule is Cc1ccnn1CCC(=O)Nc1nc2ccccc2n1C. The molecule has 0 atom stereocenters. The molecule has 0 unspecified atom stereocenters. The third-order valence-corrected chi connectivity index (χ3v) is 3.52. The molecule has 0 spiro atoms. The number of aromatic nitrogens is 4. The van der Waals surface area contributed by atoms with Gasteiger partial charge in [0.1, 0.15) is 0 Å². The molecule has 3 aromatic rings. The van der Waals surface area contributed by atoms with Crippen molar-refractivity contribution in [3.05, 3.63) is 42.2 Å². The largest absolute Gasteiger partial charge is 0.313 e. The number of hydrogen-bond donors (Lipinski definition) is 1. The molecule has 1 aromatic carbocycles. The molecule has 6 heteroatoms. The Balaban J connectivity index is 1.69. The molecule has 0 aliphatic heterocycles. The third kappa shape index (κ3) is 2.65. The Morgan fingerprint density at radius 2 is 2.10 bits per heavy atom. The summed E-state index contributed by atoms with van der Waals surface area (Å²) >= 11 is 0. The van der Waals surface area contributed by atoms with E-state index in [-0.39, 0.29) is 5.91 Å². The van der Waals surface area contributed by atoms with Crippen molar-refractivity contribution in [2.75, 3.05) is 5.32 Å². The van der Waals surface area contributed by atoms with Crippen LogP contribution < -0.4 is 5.32 Å². The van der Waals surface area contributed by atoms with E-state index in [1.165, 1.54) is 0 Å². The second kappa shape index (κ2) is 5.40. The zero-order chi connectivity index (χ0) is 14.8. The highest BCUT2D eigenvalue weighted by molar-refractivity contribution is 5.91. The lowest BCUT2D eigenvalue weighted by Gasteiger charge is -2.06. The molecular weight excluding hydrogens is 266 g/mol. The molecule has 3 rings (SSSR count). The topological polar surface area (TPSA) is 64.7 Å². The number of imidazole rings is 1. The lowest BCUT2D eigenvalue weighted by molar-refractivity contribution is -0.116. The number of para-hydroxylation sites is 2. The van der Waals surface area contributed by atoms with E-state index in [1.54, 1.807) is 6.20 Å². The average molecular weight is 283 g/mol. The van der Waals surface area contributed by atoms with Gasteiger partial charge in [0.25, 0.3) is 0 Å². The third-order valence-electron chi connectivity index (χ3n) is 3.52. The van der Waals surface area contributed by atoms with E-state index in [1.807, 2.05) is 53.6 Å². The van der Waals surface area contributed by atoms with E-state index in [0.717, 1.165) is 16.7 Å². The number of nitrogens with one attached hydrogen (secondary N) is 1. The van der Waals surface area contributed by atoms with Crippen LogP contribution in [0.2, 0.25) is 0 Å². The van der Waals surface area contributed by atoms with E-state index >= 15 is 0 Å². The number of carbonyl (C=O) groups is 1. The van der Waals surface area contributed by atoms with Crippen molar-refractivity contribution < 1.29 is 4.79 Å². The number of rotatable bonds is 4. The number of carbonyl (C=O) groups excluding carboxylic acids is 1. The summed E-state index contributed by atoms with van der Waals surface area (Å²) in [5.41, 5.74) is 2.92. The minimum Gasteiger partial charge on any atom is -0.313 e. The summed E-state index contributed by atoms with van der Waals surface area (Å²) in [6.45, 7) is 2.53. The minimum absolute atomic E-state index is 0.0664. The van der Waals surface area contributed by atoms with E-state index < -0.39 is 0 Å². The Labute approximate surface area is 122 Å². The molecule has 0 saturated heterocycles. The predicted octanol–water partition coefficient (Wildman–Crippen LogP) is 2.11. The van der Waals surface area contributed by atoms with Crippen LogP contribution in [0.25, 0.3) is 11.0 Å². The highest BCUT2D eigenvalue weighted by Crippen LogP contribution is 2.17. The molecule has 1 N–H and O–H groups in total. The number of anilines is 1. The van der Waals surface area contributed by atoms with Gasteiger partial charge < -0.3 is 4.57 Å². The van der Waals surface area contributed by atoms with Crippen molar-refractivity contribution in [1.82, 2.24) is 19.3 Å². The fourth-order valence-electron chi connectivity index (χ4n) is 2.28. The number of fused-ring (bicyclic) bond motifs is 1. The van der Waals surface area contributed by atoms with Gasteiger partial charge in [0.05, 0.1) is 11.0 Å². The molecule has 2 heterocycles. The lowest BCUT2D eigenvalue weighted by atomic mass is 10.3. The molecule has 0 radical (unpaired) electrons. The van der Waals surface area contributed by atoms with E-state index in [4.69, 9.17) is 0 Å². The molecule has 1 amide bonds. The van der Waals surface area contributed by atoms with Gasteiger partial charge in [-0.3, -0.25) is 14.8 Å². The summed E-state index contributed by atoms with van der Waals surface area (Å²) in [5, 5.41) is 7.02. The molecule has 0 aliphatic rings. The Morgan fingerprint density at radius 1 is 1.29 bits per heavy atom. The standard InChI is InChI=1S/C15H17N5O/c1-11-7-9-16-20(11)10-8-14(21)18-15-17-12-5-3-4-6-13(12)19(15)2/h3-7,9H,8,10H2,1-2H3,(H,17,18,21). The van der Waals surface area contributed by atoms with Crippen LogP contribution in [0, 0.1) is 6.92 Å². The zero-order valence-corrected chi connectivity index (χ0v) is 12.1. The number of amides is 1. The fourth-order valence-corrected chi connectivity index (χ4v) is 2.28. The molecule has 2 aromatic heterocycles. The maximum atomic E-state index is 12.0. The van der Waals surface area contributed by atoms with Crippen LogP contribution in [0.4, 0.5) is 5.95 Å². The van der Waals surface area contributed by atoms with Gasteiger partial charge in [0.2, 0.25) is 11.9 Å². The first-order chi connectivity index (χ1) is 10.1. The van der Waals surface area contributed by atoms with Crippen molar-refractivity contribution in [2.24, 2.45) is 7.05 Å². The smallest absolute Gasteiger partial charge is 0.228 e. The van der Waals surface area contributed by atoms with Crippen LogP contribution in [-0.4, -0.2) is 25.2 Å². The Hall–Kier alpha value is -2.63. The van der Waals surface area contributed by atoms with Gasteiger partial charge in [-0.05, 0) is 25.1 Å². The van der Waals surface area contributed by atoms with Crippen LogP contribution in [0.5, 0.6) is 0 Å². The second-order valence-corrected chi connectivity index (χ2v) is 4.98. The van der Waals surface area contributed by atoms with Crippen LogP contribution in [0.15, 0.2) is 36.5 Å². The average Bonchev–Trinajstić information content (AvgIpc) is 3.02. The zero-order valence-electron chi connectivity index (χ0n) is 12.1. The molecule has 6 nitrogen and oxygen atoms in total. The van der Waals surface area contributed by atoms with Gasteiger partial charge >= 0.3 is 0 Å². The first-order valence-corrected chi connectivity index (χ1v) is 6.85. The van der Waals surface area contributed by atoms with E-state index in [9.17, 15) is 4.79 Å². The Morgan fingerprint density at radius 3 is 2.81 bits per heavy atom. The minimum atomic E-state index is -0.0664. The Bertz CT molecular complexity index is 786. The summed E-state index contributed by atoms with van der Waals surface area (Å²) < 4.78 is 3.70. The van der Waals surface area contributed by atoms with Crippen LogP contribution >= 0.6 is 0 Å². The van der Waals surface area contributed by atoms with Crippen molar-refractivity contribution >= 4 is 22.9 Å². The lowest BCUT2D eigenvalue weighted by Crippen LogP contribution is -2.17. The number of hydrogen-bond acceptors (Lipinski definition) is 3. The van der Waals surface area contributed by atoms with Crippen molar-refractivity contribution in [1.29, 1.82) is 0 Å². The van der Waals surface area contributed by atoms with Crippen molar-refractivity contribution in [3.8, 4) is 0 Å². The summed E-state index contributed by atoms with van der Waals surface area (Å²) in [6.07, 6.45) is 2.10. The van der Waals surface area contributed by atoms with Gasteiger partial charge in [-0.25, -0.2) is 4.98 Å². The highest BCUT2D eigenvalue weighted by Gasteiger charge is 2.10. The van der Waals surface area contributed by atoms with Crippen molar-refractivity contribution in [3.63, 3.8) is 0 Å². The molecule has 108 valence electrons. The summed E-state index contributed by atoms with van der Waals surface area (Å²) in [4.78, 5) is 16.5. The normalized spacial score (nSPS) is 11.0. The molecule has 21 heavy (non-hydrogen) atoms. The molecular formula is C15H17N5O. The maximum Gasteiger partial charge on any atom is 0.228 e. The predicted molar refractivity (Wildman–Crippen MR) is 80.9 cm³/mol.